The highest BCUT2D eigenvalue weighted by Crippen LogP contribution is 2.35. The highest BCUT2D eigenvalue weighted by molar-refractivity contribution is 5.85. The minimum absolute atomic E-state index is 0.251. The van der Waals surface area contributed by atoms with E-state index < -0.39 is 11.8 Å². The first kappa shape index (κ1) is 21.1. The fraction of sp³-hybridized carbons (Fsp3) is 0.440. The van der Waals surface area contributed by atoms with Gasteiger partial charge in [0.25, 0.3) is 0 Å². The molecule has 0 N–H and O–H groups in total. The minimum atomic E-state index is -0.439. The predicted molar refractivity (Wildman–Crippen MR) is 113 cm³/mol. The van der Waals surface area contributed by atoms with E-state index in [9.17, 15) is 9.59 Å². The summed E-state index contributed by atoms with van der Waals surface area (Å²) in [5, 5.41) is 0. The Kier molecular flexibility index (Phi) is 7.85. The molecule has 2 unspecified atom stereocenters. The van der Waals surface area contributed by atoms with Gasteiger partial charge in [-0.3, -0.25) is 9.59 Å². The Bertz CT molecular complexity index is 799. The number of rotatable bonds is 8. The van der Waals surface area contributed by atoms with Crippen molar-refractivity contribution in [2.24, 2.45) is 11.8 Å². The molecule has 0 saturated heterocycles. The lowest BCUT2D eigenvalue weighted by atomic mass is 9.79. The molecule has 29 heavy (non-hydrogen) atoms. The Hall–Kier alpha value is -2.62. The van der Waals surface area contributed by atoms with E-state index in [1.165, 1.54) is 0 Å². The van der Waals surface area contributed by atoms with E-state index in [0.717, 1.165) is 43.2 Å². The quantitative estimate of drug-likeness (QED) is 0.323. The van der Waals surface area contributed by atoms with Gasteiger partial charge in [0, 0.05) is 5.56 Å². The maximum atomic E-state index is 13.0. The van der Waals surface area contributed by atoms with Gasteiger partial charge in [-0.05, 0) is 30.9 Å². The van der Waals surface area contributed by atoms with E-state index in [-0.39, 0.29) is 11.9 Å². The molecule has 1 aliphatic carbocycles. The average molecular weight is 395 g/mol. The summed E-state index contributed by atoms with van der Waals surface area (Å²) in [6.45, 7) is 2.55. The van der Waals surface area contributed by atoms with Gasteiger partial charge in [0.05, 0.1) is 18.4 Å². The molecule has 3 rings (SSSR count). The van der Waals surface area contributed by atoms with Gasteiger partial charge in [-0.1, -0.05) is 81.1 Å². The summed E-state index contributed by atoms with van der Waals surface area (Å²) in [6.07, 6.45) is 6.22. The Morgan fingerprint density at radius 3 is 2.24 bits per heavy atom. The number of para-hydroxylation sites is 1. The summed E-state index contributed by atoms with van der Waals surface area (Å²) in [5.74, 6) is -0.889. The Morgan fingerprint density at radius 1 is 0.862 bits per heavy atom. The van der Waals surface area contributed by atoms with Gasteiger partial charge in [-0.2, -0.15) is 0 Å². The molecule has 0 amide bonds. The molecule has 4 heteroatoms. The van der Waals surface area contributed by atoms with Crippen molar-refractivity contribution in [1.82, 2.24) is 0 Å². The molecule has 1 fully saturated rings. The van der Waals surface area contributed by atoms with E-state index >= 15 is 0 Å². The summed E-state index contributed by atoms with van der Waals surface area (Å²) in [7, 11) is 0. The second-order valence-electron chi connectivity index (χ2n) is 7.66. The van der Waals surface area contributed by atoms with Crippen LogP contribution in [-0.2, 0) is 14.3 Å². The molecule has 0 heterocycles. The lowest BCUT2D eigenvalue weighted by molar-refractivity contribution is -0.158. The van der Waals surface area contributed by atoms with Crippen LogP contribution in [-0.4, -0.2) is 18.5 Å². The highest BCUT2D eigenvalue weighted by Gasteiger charge is 2.38. The second-order valence-corrected chi connectivity index (χ2v) is 7.66. The third kappa shape index (κ3) is 5.69. The van der Waals surface area contributed by atoms with Crippen molar-refractivity contribution >= 4 is 11.9 Å². The van der Waals surface area contributed by atoms with Crippen molar-refractivity contribution in [2.75, 3.05) is 6.61 Å². The van der Waals surface area contributed by atoms with Crippen LogP contribution in [0.3, 0.4) is 0 Å². The second kappa shape index (κ2) is 10.8. The fourth-order valence-corrected chi connectivity index (χ4v) is 3.92. The first-order chi connectivity index (χ1) is 14.2. The van der Waals surface area contributed by atoms with Gasteiger partial charge >= 0.3 is 11.9 Å². The number of ether oxygens (including phenoxy) is 2. The summed E-state index contributed by atoms with van der Waals surface area (Å²) in [4.78, 5) is 25.6. The zero-order valence-electron chi connectivity index (χ0n) is 17.1. The monoisotopic (exact) mass is 394 g/mol. The lowest BCUT2D eigenvalue weighted by Gasteiger charge is -2.28. The average Bonchev–Trinajstić information content (AvgIpc) is 2.77. The molecule has 2 aromatic carbocycles. The number of unbranched alkanes of at least 4 members (excludes halogenated alkanes) is 2. The summed E-state index contributed by atoms with van der Waals surface area (Å²) in [6, 6.07) is 17.4. The minimum Gasteiger partial charge on any atom is -0.465 e. The van der Waals surface area contributed by atoms with Gasteiger partial charge < -0.3 is 9.47 Å². The fourth-order valence-electron chi connectivity index (χ4n) is 3.92. The molecular formula is C25H30O4. The smallest absolute Gasteiger partial charge is 0.315 e. The molecule has 0 aromatic heterocycles. The van der Waals surface area contributed by atoms with Gasteiger partial charge in [-0.15, -0.1) is 0 Å². The number of carbonyl (C=O) groups is 2. The molecule has 0 aliphatic heterocycles. The molecule has 0 spiro atoms. The summed E-state index contributed by atoms with van der Waals surface area (Å²) < 4.78 is 11.3. The number of hydrogen-bond donors (Lipinski definition) is 0. The molecule has 0 radical (unpaired) electrons. The molecule has 1 saturated carbocycles. The first-order valence-corrected chi connectivity index (χ1v) is 10.7. The van der Waals surface area contributed by atoms with E-state index in [2.05, 4.69) is 6.92 Å². The zero-order chi connectivity index (χ0) is 20.5. The third-order valence-electron chi connectivity index (χ3n) is 5.55. The van der Waals surface area contributed by atoms with Crippen LogP contribution in [0.25, 0.3) is 11.1 Å². The molecular weight excluding hydrogens is 364 g/mol. The standard InChI is InChI=1S/C25H30O4/c1-2-3-11-18-28-24(26)21-15-7-8-16-22(21)25(27)29-23-17-10-9-14-20(23)19-12-5-4-6-13-19/h4-6,9-10,12-14,17,21-22H,2-3,7-8,11,15-16,18H2,1H3. The van der Waals surface area contributed by atoms with Crippen LogP contribution in [0.2, 0.25) is 0 Å². The normalized spacial score (nSPS) is 18.8. The van der Waals surface area contributed by atoms with Crippen LogP contribution < -0.4 is 4.74 Å². The SMILES string of the molecule is CCCCCOC(=O)C1CCCCC1C(=O)Oc1ccccc1-c1ccccc1. The van der Waals surface area contributed by atoms with Gasteiger partial charge in [0.15, 0.2) is 0 Å². The van der Waals surface area contributed by atoms with Crippen molar-refractivity contribution in [2.45, 2.75) is 51.9 Å². The number of carbonyl (C=O) groups excluding carboxylic acids is 2. The van der Waals surface area contributed by atoms with E-state index in [1.807, 2.05) is 48.5 Å². The largest absolute Gasteiger partial charge is 0.465 e. The Balaban J connectivity index is 1.70. The van der Waals surface area contributed by atoms with Crippen LogP contribution in [0, 0.1) is 11.8 Å². The van der Waals surface area contributed by atoms with Crippen LogP contribution >= 0.6 is 0 Å². The molecule has 4 nitrogen and oxygen atoms in total. The Labute approximate surface area is 173 Å². The maximum Gasteiger partial charge on any atom is 0.315 e. The third-order valence-corrected chi connectivity index (χ3v) is 5.55. The van der Waals surface area contributed by atoms with Crippen LogP contribution in [0.5, 0.6) is 5.75 Å². The maximum absolute atomic E-state index is 13.0. The first-order valence-electron chi connectivity index (χ1n) is 10.7. The van der Waals surface area contributed by atoms with Crippen LogP contribution in [0.1, 0.15) is 51.9 Å². The summed E-state index contributed by atoms with van der Waals surface area (Å²) in [5.41, 5.74) is 1.86. The van der Waals surface area contributed by atoms with E-state index in [0.29, 0.717) is 25.2 Å². The van der Waals surface area contributed by atoms with E-state index in [1.54, 1.807) is 6.07 Å². The highest BCUT2D eigenvalue weighted by atomic mass is 16.5. The summed E-state index contributed by atoms with van der Waals surface area (Å²) >= 11 is 0. The van der Waals surface area contributed by atoms with Crippen LogP contribution in [0.4, 0.5) is 0 Å². The number of benzene rings is 2. The number of hydrogen-bond acceptors (Lipinski definition) is 4. The number of esters is 2. The topological polar surface area (TPSA) is 52.6 Å². The van der Waals surface area contributed by atoms with Crippen molar-refractivity contribution in [3.63, 3.8) is 0 Å². The van der Waals surface area contributed by atoms with Crippen molar-refractivity contribution < 1.29 is 19.1 Å². The molecule has 1 aliphatic rings. The molecule has 2 atom stereocenters. The van der Waals surface area contributed by atoms with Crippen molar-refractivity contribution in [3.05, 3.63) is 54.6 Å². The lowest BCUT2D eigenvalue weighted by Crippen LogP contribution is -2.36. The molecule has 154 valence electrons. The zero-order valence-corrected chi connectivity index (χ0v) is 17.1. The van der Waals surface area contributed by atoms with E-state index in [4.69, 9.17) is 9.47 Å². The van der Waals surface area contributed by atoms with Gasteiger partial charge in [0.1, 0.15) is 5.75 Å². The molecule has 2 aromatic rings. The van der Waals surface area contributed by atoms with Crippen LogP contribution in [0.15, 0.2) is 54.6 Å². The molecule has 0 bridgehead atoms. The van der Waals surface area contributed by atoms with Crippen molar-refractivity contribution in [3.8, 4) is 16.9 Å². The van der Waals surface area contributed by atoms with Gasteiger partial charge in [0.2, 0.25) is 0 Å². The van der Waals surface area contributed by atoms with Gasteiger partial charge in [-0.25, -0.2) is 0 Å². The Morgan fingerprint density at radius 2 is 1.52 bits per heavy atom. The van der Waals surface area contributed by atoms with Crippen molar-refractivity contribution in [1.29, 1.82) is 0 Å². The predicted octanol–water partition coefficient (Wildman–Crippen LogP) is 5.80.